The molecule has 8 nitrogen and oxygen atoms in total. The van der Waals surface area contributed by atoms with Gasteiger partial charge in [-0.15, -0.1) is 0 Å². The van der Waals surface area contributed by atoms with Crippen LogP contribution in [0, 0.1) is 10.1 Å². The Morgan fingerprint density at radius 3 is 2.68 bits per heavy atom. The van der Waals surface area contributed by atoms with Gasteiger partial charge < -0.3 is 9.84 Å². The van der Waals surface area contributed by atoms with Crippen molar-refractivity contribution in [1.29, 1.82) is 0 Å². The lowest BCUT2D eigenvalue weighted by molar-refractivity contribution is -0.385. The first-order chi connectivity index (χ1) is 13.3. The lowest BCUT2D eigenvalue weighted by Crippen LogP contribution is -2.24. The number of phenolic OH excluding ortho intramolecular Hbond substituents is 1. The van der Waals surface area contributed by atoms with Crippen LogP contribution in [0.5, 0.6) is 11.5 Å². The number of phenols is 1. The molecule has 0 aliphatic heterocycles. The fourth-order valence-corrected chi connectivity index (χ4v) is 2.76. The van der Waals surface area contributed by atoms with Gasteiger partial charge in [-0.2, -0.15) is 5.10 Å². The molecular weight excluding hydrogens is 430 g/mol. The molecule has 0 aromatic heterocycles. The quantitative estimate of drug-likeness (QED) is 0.357. The molecule has 0 radical (unpaired) electrons. The van der Waals surface area contributed by atoms with E-state index in [-0.39, 0.29) is 28.1 Å². The molecule has 2 aromatic carbocycles. The molecule has 0 saturated heterocycles. The Hall–Kier alpha value is -2.94. The molecule has 1 atom stereocenters. The van der Waals surface area contributed by atoms with E-state index < -0.39 is 10.8 Å². The average Bonchev–Trinajstić information content (AvgIpc) is 2.69. The summed E-state index contributed by atoms with van der Waals surface area (Å²) in [5.74, 6) is 0.288. The SMILES string of the molecule is CC[C@@H](C)c1ccc(OCC(=O)N/N=C\c2cc([N+](=O)[O-])cc(Br)c2O)cc1. The Labute approximate surface area is 170 Å². The molecule has 0 spiro atoms. The van der Waals surface area contributed by atoms with E-state index in [1.807, 2.05) is 12.1 Å². The maximum absolute atomic E-state index is 11.8. The fraction of sp³-hybridized carbons (Fsp3) is 0.263. The van der Waals surface area contributed by atoms with E-state index in [0.29, 0.717) is 11.7 Å². The molecule has 0 unspecified atom stereocenters. The van der Waals surface area contributed by atoms with E-state index >= 15 is 0 Å². The van der Waals surface area contributed by atoms with Gasteiger partial charge in [-0.25, -0.2) is 5.43 Å². The summed E-state index contributed by atoms with van der Waals surface area (Å²) in [7, 11) is 0. The van der Waals surface area contributed by atoms with E-state index in [4.69, 9.17) is 4.74 Å². The van der Waals surface area contributed by atoms with Crippen molar-refractivity contribution in [2.75, 3.05) is 6.61 Å². The number of rotatable bonds is 8. The van der Waals surface area contributed by atoms with Crippen molar-refractivity contribution in [3.8, 4) is 11.5 Å². The van der Waals surface area contributed by atoms with Crippen molar-refractivity contribution in [3.63, 3.8) is 0 Å². The van der Waals surface area contributed by atoms with Gasteiger partial charge in [-0.1, -0.05) is 26.0 Å². The summed E-state index contributed by atoms with van der Waals surface area (Å²) >= 11 is 3.03. The topological polar surface area (TPSA) is 114 Å². The third-order valence-electron chi connectivity index (χ3n) is 4.11. The van der Waals surface area contributed by atoms with Crippen LogP contribution in [0.4, 0.5) is 5.69 Å². The molecule has 148 valence electrons. The second kappa shape index (κ2) is 9.84. The Morgan fingerprint density at radius 1 is 1.39 bits per heavy atom. The third-order valence-corrected chi connectivity index (χ3v) is 4.72. The van der Waals surface area contributed by atoms with Crippen molar-refractivity contribution in [2.24, 2.45) is 5.10 Å². The normalized spacial score (nSPS) is 12.0. The molecule has 0 saturated carbocycles. The molecule has 2 rings (SSSR count). The number of halogens is 1. The smallest absolute Gasteiger partial charge is 0.277 e. The number of nitrogens with one attached hydrogen (secondary N) is 1. The van der Waals surface area contributed by atoms with Crippen LogP contribution in [0.15, 0.2) is 46.0 Å². The molecular formula is C19H20BrN3O5. The second-order valence-corrected chi connectivity index (χ2v) is 6.94. The standard InChI is InChI=1S/C19H20BrN3O5/c1-3-12(2)13-4-6-16(7-5-13)28-11-18(24)22-21-10-14-8-15(23(26)27)9-17(20)19(14)25/h4-10,12,25H,3,11H2,1-2H3,(H,22,24)/b21-10-/t12-/m1/s1. The van der Waals surface area contributed by atoms with Gasteiger partial charge in [0, 0.05) is 17.7 Å². The van der Waals surface area contributed by atoms with Crippen molar-refractivity contribution < 1.29 is 19.6 Å². The highest BCUT2D eigenvalue weighted by Gasteiger charge is 2.13. The number of hydrogen-bond donors (Lipinski definition) is 2. The Bertz CT molecular complexity index is 884. The summed E-state index contributed by atoms with van der Waals surface area (Å²) in [6.07, 6.45) is 2.16. The zero-order chi connectivity index (χ0) is 20.7. The number of nitro benzene ring substituents is 1. The van der Waals surface area contributed by atoms with Gasteiger partial charge in [0.1, 0.15) is 11.5 Å². The summed E-state index contributed by atoms with van der Waals surface area (Å²) in [6.45, 7) is 4.01. The predicted octanol–water partition coefficient (Wildman–Crippen LogP) is 4.11. The summed E-state index contributed by atoms with van der Waals surface area (Å²) in [4.78, 5) is 22.1. The first-order valence-corrected chi connectivity index (χ1v) is 9.32. The molecule has 0 aliphatic rings. The minimum atomic E-state index is -0.597. The Balaban J connectivity index is 1.91. The van der Waals surface area contributed by atoms with E-state index in [1.165, 1.54) is 11.6 Å². The summed E-state index contributed by atoms with van der Waals surface area (Å²) in [6, 6.07) is 9.84. The highest BCUT2D eigenvalue weighted by Crippen LogP contribution is 2.31. The minimum absolute atomic E-state index is 0.0860. The number of carbonyl (C=O) groups excluding carboxylic acids is 1. The number of hydrogen-bond acceptors (Lipinski definition) is 6. The Morgan fingerprint density at radius 2 is 2.07 bits per heavy atom. The molecule has 0 fully saturated rings. The van der Waals surface area contributed by atoms with Gasteiger partial charge in [0.25, 0.3) is 11.6 Å². The van der Waals surface area contributed by atoms with Crippen LogP contribution in [0.25, 0.3) is 0 Å². The number of benzene rings is 2. The molecule has 28 heavy (non-hydrogen) atoms. The summed E-state index contributed by atoms with van der Waals surface area (Å²) in [5.41, 5.74) is 3.31. The van der Waals surface area contributed by atoms with Crippen LogP contribution in [-0.2, 0) is 4.79 Å². The lowest BCUT2D eigenvalue weighted by atomic mass is 9.99. The van der Waals surface area contributed by atoms with E-state index in [9.17, 15) is 20.0 Å². The van der Waals surface area contributed by atoms with Gasteiger partial charge in [-0.3, -0.25) is 14.9 Å². The van der Waals surface area contributed by atoms with E-state index in [1.54, 1.807) is 12.1 Å². The number of nitro groups is 1. The van der Waals surface area contributed by atoms with Crippen LogP contribution in [0.2, 0.25) is 0 Å². The molecule has 0 aliphatic carbocycles. The monoisotopic (exact) mass is 449 g/mol. The number of ether oxygens (including phenoxy) is 1. The number of non-ortho nitro benzene ring substituents is 1. The van der Waals surface area contributed by atoms with Gasteiger partial charge in [0.2, 0.25) is 0 Å². The molecule has 9 heteroatoms. The average molecular weight is 450 g/mol. The van der Waals surface area contributed by atoms with Crippen LogP contribution < -0.4 is 10.2 Å². The lowest BCUT2D eigenvalue weighted by Gasteiger charge is -2.10. The first kappa shape index (κ1) is 21.4. The highest BCUT2D eigenvalue weighted by molar-refractivity contribution is 9.10. The first-order valence-electron chi connectivity index (χ1n) is 8.53. The van der Waals surface area contributed by atoms with Crippen molar-refractivity contribution in [3.05, 3.63) is 62.1 Å². The van der Waals surface area contributed by atoms with Crippen molar-refractivity contribution in [2.45, 2.75) is 26.2 Å². The van der Waals surface area contributed by atoms with Crippen LogP contribution in [-0.4, -0.2) is 28.8 Å². The van der Waals surface area contributed by atoms with Crippen LogP contribution in [0.3, 0.4) is 0 Å². The minimum Gasteiger partial charge on any atom is -0.506 e. The highest BCUT2D eigenvalue weighted by atomic mass is 79.9. The van der Waals surface area contributed by atoms with Crippen molar-refractivity contribution >= 4 is 33.7 Å². The molecule has 1 amide bonds. The van der Waals surface area contributed by atoms with Gasteiger partial charge in [-0.05, 0) is 46.0 Å². The summed E-state index contributed by atoms with van der Waals surface area (Å²) < 4.78 is 5.55. The maximum Gasteiger partial charge on any atom is 0.277 e. The fourth-order valence-electron chi connectivity index (χ4n) is 2.29. The second-order valence-electron chi connectivity index (χ2n) is 6.08. The van der Waals surface area contributed by atoms with Gasteiger partial charge in [0.15, 0.2) is 6.61 Å². The molecule has 0 bridgehead atoms. The van der Waals surface area contributed by atoms with Crippen LogP contribution in [0.1, 0.15) is 37.3 Å². The molecule has 0 heterocycles. The molecule has 2 N–H and O–H groups in total. The van der Waals surface area contributed by atoms with Crippen LogP contribution >= 0.6 is 15.9 Å². The number of nitrogens with zero attached hydrogens (tertiary/aromatic N) is 2. The largest absolute Gasteiger partial charge is 0.506 e. The van der Waals surface area contributed by atoms with E-state index in [0.717, 1.165) is 18.7 Å². The molecule has 2 aromatic rings. The van der Waals surface area contributed by atoms with E-state index in [2.05, 4.69) is 40.3 Å². The number of amides is 1. The predicted molar refractivity (Wildman–Crippen MR) is 109 cm³/mol. The van der Waals surface area contributed by atoms with Crippen molar-refractivity contribution in [1.82, 2.24) is 5.43 Å². The van der Waals surface area contributed by atoms with Gasteiger partial charge >= 0.3 is 0 Å². The summed E-state index contributed by atoms with van der Waals surface area (Å²) in [5, 5.41) is 24.5. The Kier molecular flexibility index (Phi) is 7.51. The third kappa shape index (κ3) is 5.78. The number of carbonyl (C=O) groups is 1. The zero-order valence-corrected chi connectivity index (χ0v) is 17.0. The number of aromatic hydroxyl groups is 1. The van der Waals surface area contributed by atoms with Gasteiger partial charge in [0.05, 0.1) is 15.6 Å². The maximum atomic E-state index is 11.8. The zero-order valence-electron chi connectivity index (χ0n) is 15.4. The number of hydrazone groups is 1.